The van der Waals surface area contributed by atoms with Crippen LogP contribution in [0, 0.1) is 45.3 Å². The van der Waals surface area contributed by atoms with Gasteiger partial charge in [-0.1, -0.05) is 109 Å². The summed E-state index contributed by atoms with van der Waals surface area (Å²) < 4.78 is 4.18. The third kappa shape index (κ3) is 6.84. The highest BCUT2D eigenvalue weighted by Gasteiger charge is 2.25. The highest BCUT2D eigenvalue weighted by molar-refractivity contribution is 5.99. The molecule has 322 valence electrons. The molecule has 5 heterocycles. The number of pyridine rings is 1. The van der Waals surface area contributed by atoms with Crippen molar-refractivity contribution in [3.8, 4) is 103 Å². The fourth-order valence-corrected chi connectivity index (χ4v) is 9.12. The number of hydrogen-bond donors (Lipinski definition) is 0. The highest BCUT2D eigenvalue weighted by atomic mass is 15.1. The number of fused-ring (bicyclic) bond motifs is 6. The van der Waals surface area contributed by atoms with Crippen LogP contribution in [0.25, 0.3) is 112 Å². The maximum atomic E-state index is 9.65. The lowest BCUT2D eigenvalue weighted by Crippen LogP contribution is -2.00. The summed E-state index contributed by atoms with van der Waals surface area (Å²) in [6.45, 7) is 0. The van der Waals surface area contributed by atoms with Crippen molar-refractivity contribution < 1.29 is 0 Å². The topological polar surface area (TPSA) is 168 Å². The minimum Gasteiger partial charge on any atom is -0.275 e. The molecule has 0 bridgehead atoms. The quantitative estimate of drug-likeness (QED) is 0.151. The first-order valence-corrected chi connectivity index (χ1v) is 22.2. The monoisotopic (exact) mass is 893 g/mol. The van der Waals surface area contributed by atoms with E-state index in [-0.39, 0.29) is 0 Å². The normalized spacial score (nSPS) is 11.1. The van der Waals surface area contributed by atoms with Gasteiger partial charge in [-0.15, -0.1) is 0 Å². The molecule has 70 heavy (non-hydrogen) atoms. The summed E-state index contributed by atoms with van der Waals surface area (Å²) in [7, 11) is 0. The van der Waals surface area contributed by atoms with Gasteiger partial charge in [-0.25, -0.2) is 24.9 Å². The van der Waals surface area contributed by atoms with E-state index < -0.39 is 0 Å². The Balaban J connectivity index is 0.986. The molecule has 11 heteroatoms. The van der Waals surface area contributed by atoms with Crippen LogP contribution >= 0.6 is 0 Å². The van der Waals surface area contributed by atoms with Crippen molar-refractivity contribution in [1.82, 2.24) is 33.7 Å². The van der Waals surface area contributed by atoms with Crippen LogP contribution < -0.4 is 0 Å². The molecule has 0 unspecified atom stereocenters. The van der Waals surface area contributed by atoms with Gasteiger partial charge < -0.3 is 0 Å². The molecule has 0 saturated heterocycles. The molecule has 7 aromatic carbocycles. The number of imidazole rings is 2. The Morgan fingerprint density at radius 1 is 0.329 bits per heavy atom. The van der Waals surface area contributed by atoms with Gasteiger partial charge in [0.15, 0.2) is 0 Å². The molecule has 0 aliphatic rings. The Morgan fingerprint density at radius 3 is 1.10 bits per heavy atom. The zero-order valence-corrected chi connectivity index (χ0v) is 36.8. The van der Waals surface area contributed by atoms with Gasteiger partial charge >= 0.3 is 0 Å². The van der Waals surface area contributed by atoms with E-state index in [9.17, 15) is 21.0 Å². The van der Waals surface area contributed by atoms with E-state index in [0.717, 1.165) is 89.0 Å². The first-order valence-electron chi connectivity index (χ1n) is 22.2. The Bertz CT molecular complexity index is 3940. The minimum atomic E-state index is 0.305. The minimum absolute atomic E-state index is 0.305. The Morgan fingerprint density at radius 2 is 0.700 bits per heavy atom. The van der Waals surface area contributed by atoms with Crippen molar-refractivity contribution in [2.24, 2.45) is 0 Å². The van der Waals surface area contributed by atoms with Gasteiger partial charge in [-0.2, -0.15) is 21.0 Å². The molecule has 0 aliphatic heterocycles. The van der Waals surface area contributed by atoms with Crippen molar-refractivity contribution in [3.05, 3.63) is 211 Å². The molecule has 0 aliphatic carbocycles. The average Bonchev–Trinajstić information content (AvgIpc) is 4.04. The van der Waals surface area contributed by atoms with Crippen molar-refractivity contribution >= 4 is 33.1 Å². The number of nitriles is 4. The van der Waals surface area contributed by atoms with E-state index in [0.29, 0.717) is 45.4 Å². The summed E-state index contributed by atoms with van der Waals surface area (Å²) in [5, 5.41) is 40.1. The molecule has 0 amide bonds. The zero-order chi connectivity index (χ0) is 47.3. The molecule has 11 nitrogen and oxygen atoms in total. The molecule has 12 aromatic rings. The number of nitrogens with zero attached hydrogens (tertiary/aromatic N) is 11. The van der Waals surface area contributed by atoms with Gasteiger partial charge in [-0.3, -0.25) is 8.80 Å². The van der Waals surface area contributed by atoms with Crippen LogP contribution in [0.1, 0.15) is 22.4 Å². The number of aromatic nitrogens is 7. The van der Waals surface area contributed by atoms with E-state index in [1.54, 1.807) is 48.7 Å². The molecule has 0 saturated carbocycles. The van der Waals surface area contributed by atoms with Gasteiger partial charge in [0.25, 0.3) is 0 Å². The number of rotatable bonds is 7. The maximum Gasteiger partial charge on any atom is 0.149 e. The van der Waals surface area contributed by atoms with Gasteiger partial charge in [0.05, 0.1) is 68.7 Å². The molecule has 0 fully saturated rings. The smallest absolute Gasteiger partial charge is 0.149 e. The van der Waals surface area contributed by atoms with Crippen LogP contribution in [0.5, 0.6) is 0 Å². The van der Waals surface area contributed by atoms with Gasteiger partial charge in [0.2, 0.25) is 0 Å². The van der Waals surface area contributed by atoms with Crippen LogP contribution in [0.15, 0.2) is 188 Å². The first kappa shape index (κ1) is 40.9. The fourth-order valence-electron chi connectivity index (χ4n) is 9.12. The van der Waals surface area contributed by atoms with Crippen molar-refractivity contribution in [2.75, 3.05) is 0 Å². The summed E-state index contributed by atoms with van der Waals surface area (Å²) >= 11 is 0. The second-order valence-electron chi connectivity index (χ2n) is 16.6. The summed E-state index contributed by atoms with van der Waals surface area (Å²) in [5.41, 5.74) is 15.0. The third-order valence-electron chi connectivity index (χ3n) is 12.6. The second kappa shape index (κ2) is 16.7. The third-order valence-corrected chi connectivity index (χ3v) is 12.6. The van der Waals surface area contributed by atoms with E-state index in [1.807, 2.05) is 91.0 Å². The molecule has 0 spiro atoms. The SMILES string of the molecule is N#Cc1ccc(-c2nc3c4ccccc4nc(-c4ccc(-c5ccc(-c6nc7ccccc7c7nc(-c8ccc(C#N)nc8)c(-c8ccc(C#N)cc8)n67)cc5)cc4)n3c2-c2ccc(C#N)cc2)cc1. The largest absolute Gasteiger partial charge is 0.275 e. The molecular weight excluding hydrogens is 863 g/mol. The summed E-state index contributed by atoms with van der Waals surface area (Å²) in [4.78, 5) is 25.5. The Labute approximate surface area is 400 Å². The summed E-state index contributed by atoms with van der Waals surface area (Å²) in [5.74, 6) is 1.38. The Hall–Kier alpha value is -10.6. The van der Waals surface area contributed by atoms with Crippen LogP contribution in [0.3, 0.4) is 0 Å². The second-order valence-corrected chi connectivity index (χ2v) is 16.6. The van der Waals surface area contributed by atoms with Crippen molar-refractivity contribution in [2.45, 2.75) is 0 Å². The summed E-state index contributed by atoms with van der Waals surface area (Å²) in [6.07, 6.45) is 1.67. The standard InChI is InChI=1S/C59H31N11/c60-31-36-9-15-41(16-10-36)52-54(42-17-11-37(32-61)12-18-42)69-56(65-50-7-3-1-5-48(50)58(69)67-52)44-25-21-39(22-26-44)40-23-27-45(28-24-40)57-66-51-8-4-2-6-49(51)59-68-53(46-29-30-47(34-63)64-35-46)55(70(57)59)43-19-13-38(33-62)14-20-43/h1-30,35H. The molecule has 5 aromatic heterocycles. The molecule has 12 rings (SSSR count). The van der Waals surface area contributed by atoms with Crippen molar-refractivity contribution in [1.29, 1.82) is 21.0 Å². The average molecular weight is 894 g/mol. The van der Waals surface area contributed by atoms with Crippen LogP contribution in [-0.2, 0) is 0 Å². The van der Waals surface area contributed by atoms with Crippen molar-refractivity contribution in [3.63, 3.8) is 0 Å². The maximum absolute atomic E-state index is 9.65. The highest BCUT2D eigenvalue weighted by Crippen LogP contribution is 2.41. The van der Waals surface area contributed by atoms with Gasteiger partial charge in [0.1, 0.15) is 34.7 Å². The van der Waals surface area contributed by atoms with Crippen LogP contribution in [0.4, 0.5) is 0 Å². The first-order chi connectivity index (χ1) is 34.5. The number of para-hydroxylation sites is 2. The van der Waals surface area contributed by atoms with E-state index >= 15 is 0 Å². The Kier molecular flexibility index (Phi) is 9.75. The lowest BCUT2D eigenvalue weighted by atomic mass is 10.0. The molecule has 0 N–H and O–H groups in total. The van der Waals surface area contributed by atoms with Gasteiger partial charge in [0, 0.05) is 50.4 Å². The number of hydrogen-bond acceptors (Lipinski definition) is 9. The van der Waals surface area contributed by atoms with Crippen LogP contribution in [0.2, 0.25) is 0 Å². The summed E-state index contributed by atoms with van der Waals surface area (Å²) in [6, 6.07) is 67.2. The molecule has 0 atom stereocenters. The fraction of sp³-hybridized carbons (Fsp3) is 0. The van der Waals surface area contributed by atoms with Gasteiger partial charge in [-0.05, 0) is 83.9 Å². The van der Waals surface area contributed by atoms with E-state index in [1.165, 1.54) is 0 Å². The van der Waals surface area contributed by atoms with Crippen LogP contribution in [-0.4, -0.2) is 33.7 Å². The lowest BCUT2D eigenvalue weighted by molar-refractivity contribution is 1.13. The lowest BCUT2D eigenvalue weighted by Gasteiger charge is -2.14. The zero-order valence-electron chi connectivity index (χ0n) is 36.8. The number of benzene rings is 7. The predicted molar refractivity (Wildman–Crippen MR) is 269 cm³/mol. The van der Waals surface area contributed by atoms with E-state index in [2.05, 4.69) is 86.6 Å². The molecule has 0 radical (unpaired) electrons. The molecular formula is C59H31N11. The van der Waals surface area contributed by atoms with E-state index in [4.69, 9.17) is 19.9 Å². The predicted octanol–water partition coefficient (Wildman–Crippen LogP) is 12.6.